The maximum atomic E-state index is 12.2. The quantitative estimate of drug-likeness (QED) is 0.643. The Morgan fingerprint density at radius 2 is 1.83 bits per heavy atom. The Hall–Kier alpha value is -2.48. The van der Waals surface area contributed by atoms with Crippen LogP contribution in [-0.2, 0) is 0 Å². The average Bonchev–Trinajstić information content (AvgIpc) is 2.56. The Kier molecular flexibility index (Phi) is 4.52. The second kappa shape index (κ2) is 6.74. The Morgan fingerprint density at radius 1 is 1.04 bits per heavy atom. The molecule has 0 unspecified atom stereocenters. The first kappa shape index (κ1) is 15.4. The molecule has 0 aliphatic rings. The number of H-pyrrole nitrogens is 1. The van der Waals surface area contributed by atoms with Crippen LogP contribution < -0.4 is 10.9 Å². The number of rotatable bonds is 3. The molecule has 0 radical (unpaired) electrons. The molecule has 0 saturated carbocycles. The number of aromatic amines is 1. The Morgan fingerprint density at radius 3 is 2.52 bits per heavy atom. The number of nitrogens with zero attached hydrogens (tertiary/aromatic N) is 1. The molecule has 2 aromatic carbocycles. The number of amides is 1. The van der Waals surface area contributed by atoms with E-state index in [1.165, 1.54) is 6.07 Å². The van der Waals surface area contributed by atoms with E-state index in [-0.39, 0.29) is 11.5 Å². The molecule has 3 aromatic rings. The number of hydrogen-bond acceptors (Lipinski definition) is 3. The maximum Gasteiger partial charge on any atom is 0.264 e. The third-order valence-electron chi connectivity index (χ3n) is 3.20. The molecule has 0 spiro atoms. The number of carbonyl (C=O) groups is 1. The molecule has 0 bridgehead atoms. The first-order valence-corrected chi connectivity index (χ1v) is 7.93. The first-order chi connectivity index (χ1) is 11.1. The van der Waals surface area contributed by atoms with Crippen LogP contribution in [0.1, 0.15) is 10.4 Å². The topological polar surface area (TPSA) is 74.8 Å². The molecule has 3 rings (SSSR count). The smallest absolute Gasteiger partial charge is 0.264 e. The fourth-order valence-corrected chi connectivity index (χ4v) is 2.43. The van der Waals surface area contributed by atoms with Gasteiger partial charge in [0.05, 0.1) is 5.69 Å². The normalized spacial score (nSPS) is 10.3. The van der Waals surface area contributed by atoms with Crippen LogP contribution in [0.2, 0.25) is 0 Å². The third kappa shape index (κ3) is 3.84. The summed E-state index contributed by atoms with van der Waals surface area (Å²) < 4.78 is 1.07. The molecule has 114 valence electrons. The van der Waals surface area contributed by atoms with E-state index >= 15 is 0 Å². The van der Waals surface area contributed by atoms with E-state index in [4.69, 9.17) is 0 Å². The molecule has 0 fully saturated rings. The molecule has 0 atom stereocenters. The summed E-state index contributed by atoms with van der Waals surface area (Å²) in [4.78, 5) is 23.3. The lowest BCUT2D eigenvalue weighted by Gasteiger charge is -2.07. The van der Waals surface area contributed by atoms with E-state index in [0.29, 0.717) is 16.9 Å². The van der Waals surface area contributed by atoms with Crippen molar-refractivity contribution in [2.45, 2.75) is 0 Å². The Bertz CT molecular complexity index is 884. The van der Waals surface area contributed by atoms with Gasteiger partial charge in [0.15, 0.2) is 0 Å². The van der Waals surface area contributed by atoms with Crippen molar-refractivity contribution in [1.29, 1.82) is 0 Å². The van der Waals surface area contributed by atoms with Crippen molar-refractivity contribution in [3.63, 3.8) is 0 Å². The molecule has 1 heterocycles. The minimum Gasteiger partial charge on any atom is -0.322 e. The lowest BCUT2D eigenvalue weighted by Crippen LogP contribution is -2.11. The lowest BCUT2D eigenvalue weighted by atomic mass is 10.1. The van der Waals surface area contributed by atoms with E-state index in [9.17, 15) is 9.59 Å². The zero-order valence-electron chi connectivity index (χ0n) is 11.9. The Labute approximate surface area is 145 Å². The largest absolute Gasteiger partial charge is 0.322 e. The van der Waals surface area contributed by atoms with Crippen LogP contribution in [0.5, 0.6) is 0 Å². The molecular weight excluding hydrogens is 405 g/mol. The molecular formula is C17H12IN3O2. The van der Waals surface area contributed by atoms with Gasteiger partial charge in [-0.05, 0) is 65.1 Å². The molecule has 2 N–H and O–H groups in total. The van der Waals surface area contributed by atoms with Gasteiger partial charge in [0.1, 0.15) is 0 Å². The highest BCUT2D eigenvalue weighted by Crippen LogP contribution is 2.20. The van der Waals surface area contributed by atoms with Gasteiger partial charge in [0, 0.05) is 26.5 Å². The lowest BCUT2D eigenvalue weighted by molar-refractivity contribution is 0.102. The summed E-state index contributed by atoms with van der Waals surface area (Å²) in [7, 11) is 0. The van der Waals surface area contributed by atoms with Crippen molar-refractivity contribution in [3.05, 3.63) is 80.2 Å². The second-order valence-corrected chi connectivity index (χ2v) is 6.09. The highest BCUT2D eigenvalue weighted by atomic mass is 127. The summed E-state index contributed by atoms with van der Waals surface area (Å²) in [6, 6.07) is 17.7. The van der Waals surface area contributed by atoms with Crippen molar-refractivity contribution in [1.82, 2.24) is 10.2 Å². The van der Waals surface area contributed by atoms with Gasteiger partial charge in [-0.2, -0.15) is 5.10 Å². The zero-order valence-corrected chi connectivity index (χ0v) is 14.1. The van der Waals surface area contributed by atoms with Gasteiger partial charge in [0.2, 0.25) is 0 Å². The minimum atomic E-state index is -0.253. The molecule has 23 heavy (non-hydrogen) atoms. The highest BCUT2D eigenvalue weighted by Gasteiger charge is 2.07. The summed E-state index contributed by atoms with van der Waals surface area (Å²) in [5.74, 6) is -0.173. The zero-order chi connectivity index (χ0) is 16.2. The SMILES string of the molecule is O=C(Nc1cccc(-c2ccc(=O)[nH]n2)c1)c1ccc(I)cc1. The van der Waals surface area contributed by atoms with Crippen LogP contribution in [0.4, 0.5) is 5.69 Å². The number of carbonyl (C=O) groups excluding carboxylic acids is 1. The summed E-state index contributed by atoms with van der Waals surface area (Å²) in [5, 5.41) is 9.24. The number of halogens is 1. The molecule has 1 amide bonds. The highest BCUT2D eigenvalue weighted by molar-refractivity contribution is 14.1. The predicted octanol–water partition coefficient (Wildman–Crippen LogP) is 3.29. The van der Waals surface area contributed by atoms with E-state index in [2.05, 4.69) is 38.1 Å². The van der Waals surface area contributed by atoms with Gasteiger partial charge in [-0.25, -0.2) is 5.10 Å². The van der Waals surface area contributed by atoms with E-state index in [1.54, 1.807) is 24.3 Å². The first-order valence-electron chi connectivity index (χ1n) is 6.85. The number of nitrogens with one attached hydrogen (secondary N) is 2. The summed E-state index contributed by atoms with van der Waals surface area (Å²) in [6.07, 6.45) is 0. The Balaban J connectivity index is 1.82. The van der Waals surface area contributed by atoms with Crippen molar-refractivity contribution >= 4 is 34.2 Å². The maximum absolute atomic E-state index is 12.2. The van der Waals surface area contributed by atoms with Gasteiger partial charge in [-0.3, -0.25) is 9.59 Å². The second-order valence-electron chi connectivity index (χ2n) is 4.85. The van der Waals surface area contributed by atoms with Crippen LogP contribution >= 0.6 is 22.6 Å². The van der Waals surface area contributed by atoms with Crippen LogP contribution in [0.3, 0.4) is 0 Å². The third-order valence-corrected chi connectivity index (χ3v) is 3.92. The molecule has 1 aromatic heterocycles. The van der Waals surface area contributed by atoms with Crippen molar-refractivity contribution < 1.29 is 4.79 Å². The fraction of sp³-hybridized carbons (Fsp3) is 0. The molecule has 0 aliphatic carbocycles. The summed E-state index contributed by atoms with van der Waals surface area (Å²) >= 11 is 2.19. The monoisotopic (exact) mass is 417 g/mol. The van der Waals surface area contributed by atoms with Crippen LogP contribution in [0.25, 0.3) is 11.3 Å². The van der Waals surface area contributed by atoms with Gasteiger partial charge in [-0.1, -0.05) is 12.1 Å². The predicted molar refractivity (Wildman–Crippen MR) is 97.4 cm³/mol. The molecule has 0 saturated heterocycles. The van der Waals surface area contributed by atoms with Gasteiger partial charge < -0.3 is 5.32 Å². The van der Waals surface area contributed by atoms with Gasteiger partial charge in [0.25, 0.3) is 11.5 Å². The average molecular weight is 417 g/mol. The van der Waals surface area contributed by atoms with Crippen LogP contribution in [0.15, 0.2) is 65.5 Å². The molecule has 5 nitrogen and oxygen atoms in total. The van der Waals surface area contributed by atoms with Gasteiger partial charge >= 0.3 is 0 Å². The number of benzene rings is 2. The number of aromatic nitrogens is 2. The number of anilines is 1. The van der Waals surface area contributed by atoms with Crippen molar-refractivity contribution in [2.24, 2.45) is 0 Å². The molecule has 0 aliphatic heterocycles. The fourth-order valence-electron chi connectivity index (χ4n) is 2.07. The van der Waals surface area contributed by atoms with Crippen LogP contribution in [-0.4, -0.2) is 16.1 Å². The standard InChI is InChI=1S/C17H12IN3O2/c18-13-6-4-11(5-7-13)17(23)19-14-3-1-2-12(10-14)15-8-9-16(22)21-20-15/h1-10H,(H,19,23)(H,21,22). The summed E-state index contributed by atoms with van der Waals surface area (Å²) in [6.45, 7) is 0. The molecule has 6 heteroatoms. The van der Waals surface area contributed by atoms with Gasteiger partial charge in [-0.15, -0.1) is 0 Å². The van der Waals surface area contributed by atoms with E-state index in [0.717, 1.165) is 9.13 Å². The van der Waals surface area contributed by atoms with E-state index < -0.39 is 0 Å². The van der Waals surface area contributed by atoms with Crippen LogP contribution in [0, 0.1) is 3.57 Å². The van der Waals surface area contributed by atoms with Crippen molar-refractivity contribution in [3.8, 4) is 11.3 Å². The minimum absolute atomic E-state index is 0.173. The summed E-state index contributed by atoms with van der Waals surface area (Å²) in [5.41, 5.74) is 2.45. The van der Waals surface area contributed by atoms with E-state index in [1.807, 2.05) is 30.3 Å². The number of hydrogen-bond donors (Lipinski definition) is 2. The van der Waals surface area contributed by atoms with Crippen molar-refractivity contribution in [2.75, 3.05) is 5.32 Å².